The highest BCUT2D eigenvalue weighted by Gasteiger charge is 2.10. The molecule has 2 rings (SSSR count). The van der Waals surface area contributed by atoms with Crippen molar-refractivity contribution in [2.45, 2.75) is 27.2 Å². The predicted octanol–water partition coefficient (Wildman–Crippen LogP) is 2.65. The van der Waals surface area contributed by atoms with Crippen molar-refractivity contribution in [1.29, 1.82) is 0 Å². The summed E-state index contributed by atoms with van der Waals surface area (Å²) in [4.78, 5) is 4.27. The molecule has 0 fully saturated rings. The van der Waals surface area contributed by atoms with Crippen LogP contribution < -0.4 is 0 Å². The fraction of sp³-hybridized carbons (Fsp3) is 0.364. The molecule has 0 atom stereocenters. The Morgan fingerprint density at radius 2 is 2.07 bits per heavy atom. The first kappa shape index (κ1) is 9.19. The van der Waals surface area contributed by atoms with E-state index in [1.807, 2.05) is 30.6 Å². The fourth-order valence-corrected chi connectivity index (χ4v) is 1.70. The molecule has 0 spiro atoms. The number of rotatable bonds is 1. The molecule has 2 nitrogen and oxygen atoms in total. The molecule has 74 valence electrons. The Bertz CT molecular complexity index is 485. The van der Waals surface area contributed by atoms with Gasteiger partial charge in [-0.1, -0.05) is 6.92 Å². The van der Waals surface area contributed by atoms with Crippen molar-refractivity contribution < 1.29 is 4.39 Å². The van der Waals surface area contributed by atoms with Crippen LogP contribution in [0.5, 0.6) is 0 Å². The van der Waals surface area contributed by atoms with Crippen LogP contribution in [0.25, 0.3) is 5.65 Å². The highest BCUT2D eigenvalue weighted by molar-refractivity contribution is 5.50. The Kier molecular flexibility index (Phi) is 2.02. The summed E-state index contributed by atoms with van der Waals surface area (Å²) in [5.41, 5.74) is 3.02. The van der Waals surface area contributed by atoms with Gasteiger partial charge in [0.2, 0.25) is 0 Å². The molecule has 0 aliphatic rings. The highest BCUT2D eigenvalue weighted by atomic mass is 19.1. The molecule has 2 heterocycles. The van der Waals surface area contributed by atoms with Gasteiger partial charge in [-0.2, -0.15) is 0 Å². The summed E-state index contributed by atoms with van der Waals surface area (Å²) < 4.78 is 15.6. The molecule has 0 N–H and O–H groups in total. The Morgan fingerprint density at radius 1 is 1.36 bits per heavy atom. The maximum Gasteiger partial charge on any atom is 0.142 e. The first-order valence-electron chi connectivity index (χ1n) is 4.76. The van der Waals surface area contributed by atoms with Gasteiger partial charge in [-0.25, -0.2) is 9.37 Å². The van der Waals surface area contributed by atoms with E-state index in [0.717, 1.165) is 16.9 Å². The molecule has 0 bridgehead atoms. The van der Waals surface area contributed by atoms with E-state index < -0.39 is 0 Å². The monoisotopic (exact) mass is 192 g/mol. The number of fused-ring (bicyclic) bond motifs is 1. The second-order valence-corrected chi connectivity index (χ2v) is 3.56. The van der Waals surface area contributed by atoms with Crippen molar-refractivity contribution in [2.75, 3.05) is 0 Å². The lowest BCUT2D eigenvalue weighted by molar-refractivity contribution is 0.601. The topological polar surface area (TPSA) is 17.3 Å². The van der Waals surface area contributed by atoms with Crippen molar-refractivity contribution in [3.63, 3.8) is 0 Å². The van der Waals surface area contributed by atoms with Gasteiger partial charge >= 0.3 is 0 Å². The lowest BCUT2D eigenvalue weighted by Crippen LogP contribution is -1.98. The average Bonchev–Trinajstić information content (AvgIpc) is 2.52. The summed E-state index contributed by atoms with van der Waals surface area (Å²) in [6, 6.07) is 0. The van der Waals surface area contributed by atoms with Crippen LogP contribution in [0.2, 0.25) is 0 Å². The Balaban J connectivity index is 2.84. The number of hydrogen-bond donors (Lipinski definition) is 0. The molecular weight excluding hydrogens is 179 g/mol. The fourth-order valence-electron chi connectivity index (χ4n) is 1.70. The van der Waals surface area contributed by atoms with Crippen LogP contribution in [-0.4, -0.2) is 9.38 Å². The smallest absolute Gasteiger partial charge is 0.142 e. The summed E-state index contributed by atoms with van der Waals surface area (Å²) in [7, 11) is 0. The first-order chi connectivity index (χ1) is 6.63. The lowest BCUT2D eigenvalue weighted by atomic mass is 10.1. The van der Waals surface area contributed by atoms with Gasteiger partial charge in [0.1, 0.15) is 11.5 Å². The molecule has 2 aromatic heterocycles. The van der Waals surface area contributed by atoms with E-state index in [1.165, 1.54) is 0 Å². The quantitative estimate of drug-likeness (QED) is 0.679. The van der Waals surface area contributed by atoms with Gasteiger partial charge in [-0.3, -0.25) is 0 Å². The number of aromatic nitrogens is 2. The largest absolute Gasteiger partial charge is 0.306 e. The predicted molar refractivity (Wildman–Crippen MR) is 54.0 cm³/mol. The van der Waals surface area contributed by atoms with Gasteiger partial charge in [0.05, 0.1) is 5.69 Å². The maximum absolute atomic E-state index is 13.7. The summed E-state index contributed by atoms with van der Waals surface area (Å²) in [5.74, 6) is -0.120. The highest BCUT2D eigenvalue weighted by Crippen LogP contribution is 2.18. The Hall–Kier alpha value is -1.38. The van der Waals surface area contributed by atoms with Crippen LogP contribution in [0.15, 0.2) is 12.4 Å². The molecule has 0 unspecified atom stereocenters. The number of pyridine rings is 1. The van der Waals surface area contributed by atoms with Crippen molar-refractivity contribution in [1.82, 2.24) is 9.38 Å². The molecule has 14 heavy (non-hydrogen) atoms. The van der Waals surface area contributed by atoms with E-state index in [1.54, 1.807) is 6.92 Å². The van der Waals surface area contributed by atoms with Crippen LogP contribution in [-0.2, 0) is 6.42 Å². The number of aryl methyl sites for hydroxylation is 3. The minimum absolute atomic E-state index is 0.120. The van der Waals surface area contributed by atoms with Gasteiger partial charge < -0.3 is 4.40 Å². The molecule has 0 aliphatic heterocycles. The molecular formula is C11H13FN2. The van der Waals surface area contributed by atoms with Crippen LogP contribution in [0, 0.1) is 19.7 Å². The lowest BCUT2D eigenvalue weighted by Gasteiger charge is -2.05. The van der Waals surface area contributed by atoms with Gasteiger partial charge in [0, 0.05) is 23.5 Å². The Labute approximate surface area is 82.4 Å². The second-order valence-electron chi connectivity index (χ2n) is 3.56. The third-order valence-corrected chi connectivity index (χ3v) is 2.48. The van der Waals surface area contributed by atoms with E-state index in [-0.39, 0.29) is 5.82 Å². The number of halogens is 1. The number of nitrogens with zero attached hydrogens (tertiary/aromatic N) is 2. The zero-order valence-electron chi connectivity index (χ0n) is 8.63. The van der Waals surface area contributed by atoms with E-state index in [4.69, 9.17) is 0 Å². The SMILES string of the molecule is CCc1cn2cc(C)nc2c(C)c1F. The standard InChI is InChI=1S/C11H13FN2/c1-4-9-6-14-5-7(2)13-11(14)8(3)10(9)12/h5-6H,4H2,1-3H3. The summed E-state index contributed by atoms with van der Waals surface area (Å²) in [5, 5.41) is 0. The minimum atomic E-state index is -0.120. The zero-order valence-corrected chi connectivity index (χ0v) is 8.63. The van der Waals surface area contributed by atoms with Gasteiger partial charge in [-0.15, -0.1) is 0 Å². The van der Waals surface area contributed by atoms with Crippen molar-refractivity contribution in [2.24, 2.45) is 0 Å². The summed E-state index contributed by atoms with van der Waals surface area (Å²) in [6.07, 6.45) is 4.44. The molecule has 0 saturated heterocycles. The minimum Gasteiger partial charge on any atom is -0.306 e. The molecule has 0 amide bonds. The zero-order chi connectivity index (χ0) is 10.3. The summed E-state index contributed by atoms with van der Waals surface area (Å²) in [6.45, 7) is 5.64. The van der Waals surface area contributed by atoms with Gasteiger partial charge in [-0.05, 0) is 20.3 Å². The first-order valence-corrected chi connectivity index (χ1v) is 4.76. The molecule has 3 heteroatoms. The molecule has 2 aromatic rings. The van der Waals surface area contributed by atoms with Crippen LogP contribution >= 0.6 is 0 Å². The molecule has 0 aromatic carbocycles. The number of hydrogen-bond acceptors (Lipinski definition) is 1. The van der Waals surface area contributed by atoms with E-state index in [0.29, 0.717) is 12.0 Å². The summed E-state index contributed by atoms with van der Waals surface area (Å²) >= 11 is 0. The van der Waals surface area contributed by atoms with Crippen LogP contribution in [0.1, 0.15) is 23.7 Å². The number of imidazole rings is 1. The second kappa shape index (κ2) is 3.08. The molecule has 0 saturated carbocycles. The van der Waals surface area contributed by atoms with E-state index in [9.17, 15) is 4.39 Å². The molecule has 0 aliphatic carbocycles. The third-order valence-electron chi connectivity index (χ3n) is 2.48. The van der Waals surface area contributed by atoms with Crippen LogP contribution in [0.4, 0.5) is 4.39 Å². The van der Waals surface area contributed by atoms with Gasteiger partial charge in [0.15, 0.2) is 0 Å². The van der Waals surface area contributed by atoms with Crippen molar-refractivity contribution in [3.05, 3.63) is 35.0 Å². The van der Waals surface area contributed by atoms with Crippen molar-refractivity contribution >= 4 is 5.65 Å². The molecule has 0 radical (unpaired) electrons. The maximum atomic E-state index is 13.7. The van der Waals surface area contributed by atoms with Crippen molar-refractivity contribution in [3.8, 4) is 0 Å². The third kappa shape index (κ3) is 1.20. The van der Waals surface area contributed by atoms with E-state index in [2.05, 4.69) is 4.98 Å². The van der Waals surface area contributed by atoms with Gasteiger partial charge in [0.25, 0.3) is 0 Å². The Morgan fingerprint density at radius 3 is 2.71 bits per heavy atom. The average molecular weight is 192 g/mol. The van der Waals surface area contributed by atoms with Crippen LogP contribution in [0.3, 0.4) is 0 Å². The van der Waals surface area contributed by atoms with E-state index >= 15 is 0 Å². The normalized spacial score (nSPS) is 11.1.